The maximum Gasteiger partial charge on any atom is 0.306 e. The molecule has 1 N–H and O–H groups in total. The summed E-state index contributed by atoms with van der Waals surface area (Å²) in [4.78, 5) is 25.7. The molecule has 4 unspecified atom stereocenters. The normalized spacial score (nSPS) is 44.9. The van der Waals surface area contributed by atoms with Gasteiger partial charge in [-0.15, -0.1) is 0 Å². The van der Waals surface area contributed by atoms with Crippen LogP contribution in [0, 0.1) is 23.7 Å². The number of hydrogen-bond donors (Lipinski definition) is 1. The van der Waals surface area contributed by atoms with Gasteiger partial charge < -0.3 is 14.7 Å². The number of rotatable bonds is 2. The first-order valence-corrected chi connectivity index (χ1v) is 8.30. The molecule has 21 heavy (non-hydrogen) atoms. The molecule has 3 saturated heterocycles. The third-order valence-electron chi connectivity index (χ3n) is 6.19. The van der Waals surface area contributed by atoms with E-state index in [0.717, 1.165) is 38.8 Å². The monoisotopic (exact) mass is 293 g/mol. The van der Waals surface area contributed by atoms with E-state index in [-0.39, 0.29) is 17.7 Å². The maximum atomic E-state index is 12.7. The number of carbonyl (C=O) groups excluding carboxylic acids is 1. The highest BCUT2D eigenvalue weighted by molar-refractivity contribution is 5.80. The van der Waals surface area contributed by atoms with Crippen molar-refractivity contribution in [2.75, 3.05) is 13.1 Å². The third-order valence-corrected chi connectivity index (χ3v) is 6.19. The number of fused-ring (bicyclic) bond motifs is 5. The maximum absolute atomic E-state index is 12.7. The number of carbonyl (C=O) groups is 2. The molecule has 0 radical (unpaired) electrons. The fourth-order valence-electron chi connectivity index (χ4n) is 4.99. The Morgan fingerprint density at radius 2 is 1.38 bits per heavy atom. The summed E-state index contributed by atoms with van der Waals surface area (Å²) in [7, 11) is 0. The van der Waals surface area contributed by atoms with Gasteiger partial charge in [0.25, 0.3) is 0 Å². The molecule has 1 saturated carbocycles. The molecular weight excluding hydrogens is 270 g/mol. The molecule has 0 aromatic heterocycles. The molecule has 3 heterocycles. The Labute approximate surface area is 124 Å². The number of likely N-dealkylation sites (tertiary alicyclic amines) is 1. The summed E-state index contributed by atoms with van der Waals surface area (Å²) >= 11 is 0. The second-order valence-electron chi connectivity index (χ2n) is 7.25. The molecule has 2 bridgehead atoms. The summed E-state index contributed by atoms with van der Waals surface area (Å²) in [6.45, 7) is 1.73. The highest BCUT2D eigenvalue weighted by Crippen LogP contribution is 2.47. The van der Waals surface area contributed by atoms with Gasteiger partial charge in [0.15, 0.2) is 0 Å². The minimum Gasteiger partial charge on any atom is -0.481 e. The van der Waals surface area contributed by atoms with Gasteiger partial charge in [-0.3, -0.25) is 9.59 Å². The molecule has 4 fully saturated rings. The van der Waals surface area contributed by atoms with Crippen LogP contribution in [0.5, 0.6) is 0 Å². The average molecular weight is 293 g/mol. The minimum atomic E-state index is -0.703. The number of carboxylic acids is 1. The van der Waals surface area contributed by atoms with Crippen molar-refractivity contribution in [1.82, 2.24) is 4.90 Å². The fraction of sp³-hybridized carbons (Fsp3) is 0.875. The van der Waals surface area contributed by atoms with Gasteiger partial charge in [0.1, 0.15) is 0 Å². The molecule has 1 aliphatic carbocycles. The van der Waals surface area contributed by atoms with Crippen molar-refractivity contribution >= 4 is 11.9 Å². The van der Waals surface area contributed by atoms with Crippen LogP contribution < -0.4 is 0 Å². The van der Waals surface area contributed by atoms with Gasteiger partial charge in [0, 0.05) is 30.8 Å². The number of aliphatic carboxylic acids is 1. The molecule has 4 aliphatic rings. The van der Waals surface area contributed by atoms with Crippen molar-refractivity contribution < 1.29 is 19.4 Å². The number of nitrogens with zero attached hydrogens (tertiary/aromatic N) is 1. The number of carboxylic acid groups (broad SMARTS) is 1. The quantitative estimate of drug-likeness (QED) is 0.838. The molecule has 5 nitrogen and oxygen atoms in total. The van der Waals surface area contributed by atoms with Crippen molar-refractivity contribution in [2.24, 2.45) is 23.7 Å². The van der Waals surface area contributed by atoms with Gasteiger partial charge in [-0.2, -0.15) is 0 Å². The van der Waals surface area contributed by atoms with Crippen LogP contribution in [0.3, 0.4) is 0 Å². The van der Waals surface area contributed by atoms with E-state index in [0.29, 0.717) is 36.9 Å². The van der Waals surface area contributed by atoms with Crippen LogP contribution in [0.15, 0.2) is 0 Å². The summed E-state index contributed by atoms with van der Waals surface area (Å²) in [6.07, 6.45) is 5.90. The lowest BCUT2D eigenvalue weighted by molar-refractivity contribution is -0.145. The Morgan fingerprint density at radius 3 is 1.90 bits per heavy atom. The summed E-state index contributed by atoms with van der Waals surface area (Å²) in [5.74, 6) is 0.498. The fourth-order valence-corrected chi connectivity index (χ4v) is 4.99. The molecule has 3 aliphatic heterocycles. The van der Waals surface area contributed by atoms with Gasteiger partial charge in [-0.05, 0) is 38.5 Å². The van der Waals surface area contributed by atoms with Gasteiger partial charge >= 0.3 is 5.97 Å². The van der Waals surface area contributed by atoms with Crippen molar-refractivity contribution in [3.8, 4) is 0 Å². The van der Waals surface area contributed by atoms with E-state index >= 15 is 0 Å². The molecular formula is C16H23NO4. The van der Waals surface area contributed by atoms with Gasteiger partial charge in [-0.25, -0.2) is 0 Å². The van der Waals surface area contributed by atoms with Crippen LogP contribution in [-0.2, 0) is 14.3 Å². The first kappa shape index (κ1) is 13.6. The molecule has 0 aromatic carbocycles. The number of ether oxygens (including phenoxy) is 1. The van der Waals surface area contributed by atoms with E-state index in [2.05, 4.69) is 4.90 Å². The van der Waals surface area contributed by atoms with E-state index in [9.17, 15) is 9.59 Å². The second kappa shape index (κ2) is 4.97. The molecule has 4 rings (SSSR count). The Kier molecular flexibility index (Phi) is 3.21. The zero-order chi connectivity index (χ0) is 14.6. The smallest absolute Gasteiger partial charge is 0.306 e. The molecule has 0 spiro atoms. The standard InChI is InChI=1S/C16H23NO4/c18-15(9-1-3-10(4-2-9)16(19)20)17-7-11-12(8-17)14-6-5-13(11)21-14/h9-14H,1-8H2,(H,19,20). The molecule has 1 amide bonds. The first-order chi connectivity index (χ1) is 10.1. The largest absolute Gasteiger partial charge is 0.481 e. The van der Waals surface area contributed by atoms with Crippen LogP contribution in [0.1, 0.15) is 38.5 Å². The second-order valence-corrected chi connectivity index (χ2v) is 7.25. The van der Waals surface area contributed by atoms with E-state index in [4.69, 9.17) is 9.84 Å². The van der Waals surface area contributed by atoms with E-state index in [1.165, 1.54) is 0 Å². The highest BCUT2D eigenvalue weighted by Gasteiger charge is 2.54. The van der Waals surface area contributed by atoms with Gasteiger partial charge in [0.05, 0.1) is 18.1 Å². The predicted molar refractivity (Wildman–Crippen MR) is 74.5 cm³/mol. The van der Waals surface area contributed by atoms with Gasteiger partial charge in [-0.1, -0.05) is 0 Å². The predicted octanol–water partition coefficient (Wildman–Crippen LogP) is 1.51. The van der Waals surface area contributed by atoms with Crippen molar-refractivity contribution in [1.29, 1.82) is 0 Å². The third kappa shape index (κ3) is 2.17. The minimum absolute atomic E-state index is 0.0537. The lowest BCUT2D eigenvalue weighted by atomic mass is 9.81. The SMILES string of the molecule is O=C(O)C1CCC(C(=O)N2CC3C4CCC(O4)C3C2)CC1. The Morgan fingerprint density at radius 1 is 0.857 bits per heavy atom. The topological polar surface area (TPSA) is 66.8 Å². The van der Waals surface area contributed by atoms with E-state index in [1.807, 2.05) is 0 Å². The summed E-state index contributed by atoms with van der Waals surface area (Å²) < 4.78 is 5.95. The lowest BCUT2D eigenvalue weighted by Gasteiger charge is -2.29. The van der Waals surface area contributed by atoms with Crippen LogP contribution in [0.25, 0.3) is 0 Å². The summed E-state index contributed by atoms with van der Waals surface area (Å²) in [5.41, 5.74) is 0. The first-order valence-electron chi connectivity index (χ1n) is 8.30. The zero-order valence-corrected chi connectivity index (χ0v) is 12.2. The molecule has 4 atom stereocenters. The summed E-state index contributed by atoms with van der Waals surface area (Å²) in [5, 5.41) is 9.04. The zero-order valence-electron chi connectivity index (χ0n) is 12.2. The highest BCUT2D eigenvalue weighted by atomic mass is 16.5. The molecule has 116 valence electrons. The Balaban J connectivity index is 1.36. The summed E-state index contributed by atoms with van der Waals surface area (Å²) in [6, 6.07) is 0. The lowest BCUT2D eigenvalue weighted by Crippen LogP contribution is -2.38. The van der Waals surface area contributed by atoms with Crippen LogP contribution in [0.4, 0.5) is 0 Å². The van der Waals surface area contributed by atoms with Crippen LogP contribution in [-0.4, -0.2) is 47.2 Å². The van der Waals surface area contributed by atoms with Crippen molar-refractivity contribution in [2.45, 2.75) is 50.7 Å². The number of amides is 1. The van der Waals surface area contributed by atoms with Crippen molar-refractivity contribution in [3.63, 3.8) is 0 Å². The van der Waals surface area contributed by atoms with Crippen LogP contribution >= 0.6 is 0 Å². The van der Waals surface area contributed by atoms with E-state index < -0.39 is 5.97 Å². The van der Waals surface area contributed by atoms with Crippen molar-refractivity contribution in [3.05, 3.63) is 0 Å². The molecule has 5 heteroatoms. The number of hydrogen-bond acceptors (Lipinski definition) is 3. The van der Waals surface area contributed by atoms with E-state index in [1.54, 1.807) is 0 Å². The Bertz CT molecular complexity index is 439. The molecule has 0 aromatic rings. The van der Waals surface area contributed by atoms with Gasteiger partial charge in [0.2, 0.25) is 5.91 Å². The average Bonchev–Trinajstić information content (AvgIpc) is 3.18. The van der Waals surface area contributed by atoms with Crippen LogP contribution in [0.2, 0.25) is 0 Å². The Hall–Kier alpha value is -1.10.